The predicted octanol–water partition coefficient (Wildman–Crippen LogP) is 0.152. The number of hydrogen-bond donors (Lipinski definition) is 1. The largest absolute Gasteiger partial charge is 0.281 e. The van der Waals surface area contributed by atoms with Crippen LogP contribution >= 0.6 is 11.8 Å². The van der Waals surface area contributed by atoms with Crippen LogP contribution in [-0.2, 0) is 20.0 Å². The lowest BCUT2D eigenvalue weighted by atomic mass is 10.3. The fourth-order valence-corrected chi connectivity index (χ4v) is 3.15. The molecule has 0 fully saturated rings. The van der Waals surface area contributed by atoms with Gasteiger partial charge in [-0.2, -0.15) is 12.2 Å². The number of halogens is 1. The minimum atomic E-state index is -3.98. The van der Waals surface area contributed by atoms with Crippen LogP contribution in [0.15, 0.2) is 33.0 Å². The van der Waals surface area contributed by atoms with Gasteiger partial charge in [0.25, 0.3) is 10.0 Å². The first kappa shape index (κ1) is 12.3. The van der Waals surface area contributed by atoms with Crippen LogP contribution in [0.1, 0.15) is 0 Å². The highest BCUT2D eigenvalue weighted by Gasteiger charge is 2.29. The highest BCUT2D eigenvalue weighted by atomic mass is 35.5. The first-order valence-corrected chi connectivity index (χ1v) is 7.46. The third-order valence-corrected chi connectivity index (χ3v) is 5.03. The van der Waals surface area contributed by atoms with Gasteiger partial charge in [0.05, 0.1) is 10.6 Å². The zero-order valence-electron chi connectivity index (χ0n) is 8.11. The van der Waals surface area contributed by atoms with Crippen molar-refractivity contribution in [3.8, 4) is 0 Å². The van der Waals surface area contributed by atoms with E-state index in [0.717, 1.165) is 12.4 Å². The molecule has 2 rings (SSSR count). The lowest BCUT2D eigenvalue weighted by Crippen LogP contribution is -2.24. The molecule has 0 radical (unpaired) electrons. The van der Waals surface area contributed by atoms with E-state index in [1.54, 1.807) is 0 Å². The third-order valence-electron chi connectivity index (χ3n) is 2.05. The van der Waals surface area contributed by atoms with Crippen LogP contribution in [0.5, 0.6) is 0 Å². The number of primary sulfonamides is 1. The molecule has 0 saturated heterocycles. The van der Waals surface area contributed by atoms with E-state index in [-0.39, 0.29) is 15.5 Å². The van der Waals surface area contributed by atoms with Gasteiger partial charge in [0.2, 0.25) is 10.0 Å². The average Bonchev–Trinajstić information content (AvgIpc) is 2.22. The van der Waals surface area contributed by atoms with Crippen molar-refractivity contribution in [2.24, 2.45) is 10.1 Å². The maximum absolute atomic E-state index is 11.8. The molecule has 0 saturated carbocycles. The highest BCUT2D eigenvalue weighted by Crippen LogP contribution is 2.32. The van der Waals surface area contributed by atoms with Gasteiger partial charge in [-0.25, -0.2) is 18.5 Å². The monoisotopic (exact) mass is 295 g/mol. The summed E-state index contributed by atoms with van der Waals surface area (Å²) in [5.41, 5.74) is 0.106. The topological polar surface area (TPSA) is 110 Å². The lowest BCUT2D eigenvalue weighted by Gasteiger charge is -2.17. The molecule has 2 N–H and O–H groups in total. The zero-order valence-corrected chi connectivity index (χ0v) is 10.5. The Balaban J connectivity index is 2.77. The molecular weight excluding hydrogens is 290 g/mol. The Morgan fingerprint density at radius 2 is 2.00 bits per heavy atom. The van der Waals surface area contributed by atoms with E-state index >= 15 is 0 Å². The van der Waals surface area contributed by atoms with E-state index in [1.165, 1.54) is 12.1 Å². The summed E-state index contributed by atoms with van der Waals surface area (Å²) in [6, 6.07) is 3.34. The lowest BCUT2D eigenvalue weighted by molar-refractivity contribution is 0.575. The quantitative estimate of drug-likeness (QED) is 0.744. The van der Waals surface area contributed by atoms with E-state index in [9.17, 15) is 16.8 Å². The molecule has 0 aliphatic carbocycles. The molecule has 1 heterocycles. The fourth-order valence-electron chi connectivity index (χ4n) is 1.25. The van der Waals surface area contributed by atoms with Crippen LogP contribution < -0.4 is 5.14 Å². The van der Waals surface area contributed by atoms with Gasteiger partial charge in [-0.05, 0) is 18.2 Å². The first-order chi connectivity index (χ1) is 7.73. The van der Waals surface area contributed by atoms with E-state index in [2.05, 4.69) is 4.99 Å². The summed E-state index contributed by atoms with van der Waals surface area (Å²) in [7, 11) is -7.96. The summed E-state index contributed by atoms with van der Waals surface area (Å²) in [4.78, 5) is 3.13. The van der Waals surface area contributed by atoms with Gasteiger partial charge in [0.15, 0.2) is 0 Å². The minimum absolute atomic E-state index is 0.106. The van der Waals surface area contributed by atoms with Gasteiger partial charge in [0, 0.05) is 11.8 Å². The molecule has 7 nitrogen and oxygen atoms in total. The van der Waals surface area contributed by atoms with Crippen molar-refractivity contribution in [3.63, 3.8) is 0 Å². The molecule has 17 heavy (non-hydrogen) atoms. The molecule has 1 aliphatic heterocycles. The molecule has 10 heteroatoms. The Morgan fingerprint density at radius 1 is 1.35 bits per heavy atom. The number of sulfonamides is 2. The van der Waals surface area contributed by atoms with E-state index in [0.29, 0.717) is 3.82 Å². The molecule has 0 spiro atoms. The van der Waals surface area contributed by atoms with Gasteiger partial charge < -0.3 is 0 Å². The van der Waals surface area contributed by atoms with Crippen molar-refractivity contribution in [1.29, 1.82) is 0 Å². The Labute approximate surface area is 103 Å². The second kappa shape index (κ2) is 3.67. The SMILES string of the molecule is NS(=O)(=O)c1ccc2c(c1)S(=O)(=O)N(Cl)C=N2. The minimum Gasteiger partial charge on any atom is -0.235 e. The summed E-state index contributed by atoms with van der Waals surface area (Å²) >= 11 is 5.42. The molecule has 0 atom stereocenters. The van der Waals surface area contributed by atoms with Crippen molar-refractivity contribution in [1.82, 2.24) is 3.82 Å². The second-order valence-electron chi connectivity index (χ2n) is 3.17. The van der Waals surface area contributed by atoms with Crippen LogP contribution in [0.3, 0.4) is 0 Å². The number of nitrogens with two attached hydrogens (primary N) is 1. The second-order valence-corrected chi connectivity index (χ2v) is 7.08. The molecule has 0 aromatic heterocycles. The number of rotatable bonds is 1. The summed E-state index contributed by atoms with van der Waals surface area (Å²) in [5, 5.41) is 4.91. The molecule has 1 aliphatic rings. The maximum atomic E-state index is 11.8. The predicted molar refractivity (Wildman–Crippen MR) is 60.8 cm³/mol. The zero-order chi connectivity index (χ0) is 12.8. The summed E-state index contributed by atoms with van der Waals surface area (Å²) in [5.74, 6) is 0. The summed E-state index contributed by atoms with van der Waals surface area (Å²) in [6.45, 7) is 0. The van der Waals surface area contributed by atoms with Crippen molar-refractivity contribution in [2.75, 3.05) is 0 Å². The van der Waals surface area contributed by atoms with Crippen LogP contribution in [0.4, 0.5) is 5.69 Å². The van der Waals surface area contributed by atoms with Crippen LogP contribution in [0.25, 0.3) is 0 Å². The van der Waals surface area contributed by atoms with Crippen molar-refractivity contribution >= 4 is 43.8 Å². The number of fused-ring (bicyclic) bond motifs is 1. The number of hydrogen-bond acceptors (Lipinski definition) is 5. The number of benzene rings is 1. The molecule has 92 valence electrons. The third kappa shape index (κ3) is 2.02. The van der Waals surface area contributed by atoms with Crippen molar-refractivity contribution in [3.05, 3.63) is 18.2 Å². The van der Waals surface area contributed by atoms with Gasteiger partial charge in [-0.15, -0.1) is 0 Å². The number of aliphatic imine (C=N–C) groups is 1. The van der Waals surface area contributed by atoms with Crippen LogP contribution in [0.2, 0.25) is 0 Å². The van der Waals surface area contributed by atoms with Crippen molar-refractivity contribution in [2.45, 2.75) is 9.79 Å². The van der Waals surface area contributed by atoms with Crippen molar-refractivity contribution < 1.29 is 16.8 Å². The smallest absolute Gasteiger partial charge is 0.235 e. The molecular formula is C7H6ClN3O4S2. The van der Waals surface area contributed by atoms with Gasteiger partial charge >= 0.3 is 0 Å². The van der Waals surface area contributed by atoms with E-state index in [1.807, 2.05) is 0 Å². The normalized spacial score (nSPS) is 17.9. The summed E-state index contributed by atoms with van der Waals surface area (Å²) < 4.78 is 46.1. The molecule has 0 unspecified atom stereocenters. The standard InChI is InChI=1S/C7H6ClN3O4S2/c8-11-4-10-6-2-1-5(16(9,12)13)3-7(6)17(11,14)15/h1-4H,(H2,9,12,13). The van der Waals surface area contributed by atoms with Gasteiger partial charge in [-0.3, -0.25) is 0 Å². The molecule has 0 bridgehead atoms. The molecule has 1 aromatic rings. The first-order valence-electron chi connectivity index (χ1n) is 4.14. The Hall–Kier alpha value is -1.16. The van der Waals surface area contributed by atoms with E-state index < -0.39 is 20.0 Å². The Kier molecular flexibility index (Phi) is 2.65. The average molecular weight is 296 g/mol. The van der Waals surface area contributed by atoms with Gasteiger partial charge in [-0.1, -0.05) is 0 Å². The molecule has 1 aromatic carbocycles. The van der Waals surface area contributed by atoms with Crippen LogP contribution in [0, 0.1) is 0 Å². The van der Waals surface area contributed by atoms with Crippen LogP contribution in [-0.4, -0.2) is 27.0 Å². The maximum Gasteiger partial charge on any atom is 0.281 e. The highest BCUT2D eigenvalue weighted by molar-refractivity contribution is 7.91. The summed E-state index contributed by atoms with van der Waals surface area (Å²) in [6.07, 6.45) is 0.913. The fraction of sp³-hybridized carbons (Fsp3) is 0. The molecule has 0 amide bonds. The van der Waals surface area contributed by atoms with E-state index in [4.69, 9.17) is 16.9 Å². The Morgan fingerprint density at radius 3 is 2.59 bits per heavy atom. The van der Waals surface area contributed by atoms with Gasteiger partial charge in [0.1, 0.15) is 11.2 Å². The Bertz CT molecular complexity index is 711. The number of nitrogens with zero attached hydrogens (tertiary/aromatic N) is 2.